The molecule has 2 amide bonds. The van der Waals surface area contributed by atoms with Gasteiger partial charge in [-0.05, 0) is 6.92 Å². The molecule has 2 heterocycles. The standard InChI is InChI=1S/C16H20N4O4/c1-4-9(3)20-15(10(5-2)8-21)18-16(24)12-6-13(22)11(14(17)23)7-19(12)20/h4-7,9-10,15,21H,1-2,8H2,3H3,(H2,17,23)(H,18,24)/t9-,10?,15?/m1/s1. The first-order valence-electron chi connectivity index (χ1n) is 7.37. The minimum Gasteiger partial charge on any atom is -0.396 e. The van der Waals surface area contributed by atoms with Crippen molar-refractivity contribution in [1.82, 2.24) is 9.99 Å². The molecular formula is C16H20N4O4. The summed E-state index contributed by atoms with van der Waals surface area (Å²) in [6, 6.07) is 0.780. The highest BCUT2D eigenvalue weighted by Crippen LogP contribution is 2.20. The van der Waals surface area contributed by atoms with Gasteiger partial charge in [0.1, 0.15) is 17.4 Å². The molecule has 1 aromatic heterocycles. The van der Waals surface area contributed by atoms with Crippen LogP contribution < -0.4 is 21.5 Å². The molecule has 0 aliphatic carbocycles. The lowest BCUT2D eigenvalue weighted by molar-refractivity contribution is 0.0849. The monoisotopic (exact) mass is 332 g/mol. The number of amides is 2. The Kier molecular flexibility index (Phi) is 4.89. The number of primary amides is 1. The van der Waals surface area contributed by atoms with Crippen LogP contribution in [0, 0.1) is 5.92 Å². The molecule has 0 saturated heterocycles. The van der Waals surface area contributed by atoms with Gasteiger partial charge in [-0.2, -0.15) is 0 Å². The second-order valence-electron chi connectivity index (χ2n) is 5.50. The van der Waals surface area contributed by atoms with Gasteiger partial charge in [0.15, 0.2) is 5.43 Å². The van der Waals surface area contributed by atoms with Gasteiger partial charge in [0, 0.05) is 18.2 Å². The molecule has 0 radical (unpaired) electrons. The largest absolute Gasteiger partial charge is 0.396 e. The van der Waals surface area contributed by atoms with Crippen LogP contribution in [-0.2, 0) is 0 Å². The highest BCUT2D eigenvalue weighted by atomic mass is 16.3. The molecule has 1 aliphatic rings. The van der Waals surface area contributed by atoms with Crippen LogP contribution >= 0.6 is 0 Å². The fraction of sp³-hybridized carbons (Fsp3) is 0.312. The molecule has 2 unspecified atom stereocenters. The topological polar surface area (TPSA) is 118 Å². The lowest BCUT2D eigenvalue weighted by atomic mass is 10.0. The molecule has 8 nitrogen and oxygen atoms in total. The molecule has 3 atom stereocenters. The zero-order valence-electron chi connectivity index (χ0n) is 13.3. The number of nitrogens with zero attached hydrogens (tertiary/aromatic N) is 2. The summed E-state index contributed by atoms with van der Waals surface area (Å²) in [5.41, 5.74) is 4.44. The first-order chi connectivity index (χ1) is 11.3. The van der Waals surface area contributed by atoms with Crippen molar-refractivity contribution in [3.8, 4) is 0 Å². The summed E-state index contributed by atoms with van der Waals surface area (Å²) in [6.07, 6.45) is 3.76. The average Bonchev–Trinajstić information content (AvgIpc) is 2.55. The highest BCUT2D eigenvalue weighted by Gasteiger charge is 2.36. The van der Waals surface area contributed by atoms with Crippen LogP contribution in [0.4, 0.5) is 0 Å². The van der Waals surface area contributed by atoms with Gasteiger partial charge in [0.2, 0.25) is 0 Å². The summed E-state index contributed by atoms with van der Waals surface area (Å²) in [5.74, 6) is -1.85. The fourth-order valence-electron chi connectivity index (χ4n) is 2.64. The van der Waals surface area contributed by atoms with Crippen molar-refractivity contribution in [1.29, 1.82) is 0 Å². The fourth-order valence-corrected chi connectivity index (χ4v) is 2.64. The number of carbonyl (C=O) groups excluding carboxylic acids is 2. The zero-order valence-corrected chi connectivity index (χ0v) is 13.3. The molecule has 0 spiro atoms. The number of pyridine rings is 1. The Bertz CT molecular complexity index is 755. The van der Waals surface area contributed by atoms with Crippen molar-refractivity contribution in [2.24, 2.45) is 11.7 Å². The number of rotatable bonds is 6. The summed E-state index contributed by atoms with van der Waals surface area (Å²) in [5, 5.41) is 14.0. The molecule has 24 heavy (non-hydrogen) atoms. The molecule has 128 valence electrons. The van der Waals surface area contributed by atoms with E-state index >= 15 is 0 Å². The number of nitrogens with one attached hydrogen (secondary N) is 1. The number of hydrogen-bond donors (Lipinski definition) is 3. The average molecular weight is 332 g/mol. The van der Waals surface area contributed by atoms with E-state index in [1.807, 2.05) is 6.92 Å². The Labute approximate surface area is 138 Å². The van der Waals surface area contributed by atoms with Crippen molar-refractivity contribution in [3.63, 3.8) is 0 Å². The van der Waals surface area contributed by atoms with E-state index in [-0.39, 0.29) is 23.9 Å². The maximum Gasteiger partial charge on any atom is 0.271 e. The van der Waals surface area contributed by atoms with Gasteiger partial charge >= 0.3 is 0 Å². The van der Waals surface area contributed by atoms with Gasteiger partial charge in [-0.25, -0.2) is 0 Å². The van der Waals surface area contributed by atoms with Gasteiger partial charge in [-0.1, -0.05) is 12.2 Å². The first-order valence-corrected chi connectivity index (χ1v) is 7.37. The van der Waals surface area contributed by atoms with E-state index < -0.39 is 29.3 Å². The van der Waals surface area contributed by atoms with Crippen LogP contribution in [0.2, 0.25) is 0 Å². The third-order valence-electron chi connectivity index (χ3n) is 4.02. The van der Waals surface area contributed by atoms with Crippen LogP contribution in [0.5, 0.6) is 0 Å². The number of fused-ring (bicyclic) bond motifs is 1. The number of carbonyl (C=O) groups is 2. The lowest BCUT2D eigenvalue weighted by Crippen LogP contribution is -2.65. The predicted molar refractivity (Wildman–Crippen MR) is 89.1 cm³/mol. The minimum absolute atomic E-state index is 0.0655. The number of aliphatic hydroxyl groups is 1. The third kappa shape index (κ3) is 2.83. The molecular weight excluding hydrogens is 312 g/mol. The van der Waals surface area contributed by atoms with Crippen molar-refractivity contribution in [3.05, 3.63) is 59.1 Å². The lowest BCUT2D eigenvalue weighted by Gasteiger charge is -2.45. The molecule has 1 aliphatic heterocycles. The van der Waals surface area contributed by atoms with E-state index in [0.717, 1.165) is 6.07 Å². The molecule has 4 N–H and O–H groups in total. The van der Waals surface area contributed by atoms with E-state index in [4.69, 9.17) is 5.73 Å². The second kappa shape index (κ2) is 6.71. The van der Waals surface area contributed by atoms with E-state index in [1.165, 1.54) is 16.9 Å². The molecule has 0 bridgehead atoms. The van der Waals surface area contributed by atoms with Crippen LogP contribution in [-0.4, -0.2) is 40.4 Å². The minimum atomic E-state index is -0.883. The van der Waals surface area contributed by atoms with E-state index in [0.29, 0.717) is 0 Å². The van der Waals surface area contributed by atoms with Crippen molar-refractivity contribution < 1.29 is 14.7 Å². The quantitative estimate of drug-likeness (QED) is 0.597. The zero-order chi connectivity index (χ0) is 18.0. The number of aliphatic hydroxyl groups excluding tert-OH is 1. The van der Waals surface area contributed by atoms with Gasteiger partial charge in [-0.15, -0.1) is 13.2 Å². The summed E-state index contributed by atoms with van der Waals surface area (Å²) in [6.45, 7) is 8.99. The summed E-state index contributed by atoms with van der Waals surface area (Å²) in [4.78, 5) is 35.8. The van der Waals surface area contributed by atoms with Crippen LogP contribution in [0.25, 0.3) is 0 Å². The molecule has 0 fully saturated rings. The second-order valence-corrected chi connectivity index (χ2v) is 5.50. The molecule has 0 aromatic carbocycles. The van der Waals surface area contributed by atoms with Crippen LogP contribution in [0.1, 0.15) is 27.8 Å². The molecule has 2 rings (SSSR count). The third-order valence-corrected chi connectivity index (χ3v) is 4.02. The highest BCUT2D eigenvalue weighted by molar-refractivity contribution is 5.96. The summed E-state index contributed by atoms with van der Waals surface area (Å²) < 4.78 is 1.41. The smallest absolute Gasteiger partial charge is 0.271 e. The van der Waals surface area contributed by atoms with Gasteiger partial charge in [0.05, 0.1) is 12.6 Å². The number of nitrogens with two attached hydrogens (primary N) is 1. The summed E-state index contributed by atoms with van der Waals surface area (Å²) >= 11 is 0. The Hall–Kier alpha value is -2.87. The number of aromatic nitrogens is 1. The maximum absolute atomic E-state index is 12.4. The van der Waals surface area contributed by atoms with Crippen LogP contribution in [0.15, 0.2) is 42.4 Å². The Morgan fingerprint density at radius 3 is 2.62 bits per heavy atom. The summed E-state index contributed by atoms with van der Waals surface area (Å²) in [7, 11) is 0. The van der Waals surface area contributed by atoms with Crippen LogP contribution in [0.3, 0.4) is 0 Å². The molecule has 0 saturated carbocycles. The maximum atomic E-state index is 12.4. The van der Waals surface area contributed by atoms with Gasteiger partial charge < -0.3 is 16.2 Å². The Morgan fingerprint density at radius 1 is 1.46 bits per heavy atom. The first kappa shape index (κ1) is 17.5. The predicted octanol–water partition coefficient (Wildman–Crippen LogP) is -0.676. The SMILES string of the molecule is C=CC(CO)C1NC(=O)c2cc(=O)c(C(N)=O)cn2N1[C@H](C)C=C. The number of hydrogen-bond acceptors (Lipinski definition) is 5. The van der Waals surface area contributed by atoms with E-state index in [1.54, 1.807) is 11.1 Å². The van der Waals surface area contributed by atoms with Gasteiger partial charge in [-0.3, -0.25) is 24.1 Å². The van der Waals surface area contributed by atoms with Crippen molar-refractivity contribution >= 4 is 11.8 Å². The van der Waals surface area contributed by atoms with Gasteiger partial charge in [0.25, 0.3) is 11.8 Å². The molecule has 8 heteroatoms. The van der Waals surface area contributed by atoms with Crippen molar-refractivity contribution in [2.45, 2.75) is 19.1 Å². The normalized spacial score (nSPS) is 19.0. The van der Waals surface area contributed by atoms with Crippen molar-refractivity contribution in [2.75, 3.05) is 11.6 Å². The molecule has 1 aromatic rings. The van der Waals surface area contributed by atoms with E-state index in [9.17, 15) is 19.5 Å². The Balaban J connectivity index is 2.71. The Morgan fingerprint density at radius 2 is 2.12 bits per heavy atom. The van der Waals surface area contributed by atoms with E-state index in [2.05, 4.69) is 18.5 Å².